The van der Waals surface area contributed by atoms with E-state index >= 15 is 0 Å². The highest BCUT2D eigenvalue weighted by molar-refractivity contribution is 7.78. The first-order valence-electron chi connectivity index (χ1n) is 5.37. The summed E-state index contributed by atoms with van der Waals surface area (Å²) in [6.07, 6.45) is -0.442. The van der Waals surface area contributed by atoms with Gasteiger partial charge in [0.15, 0.2) is 6.10 Å². The van der Waals surface area contributed by atoms with Crippen molar-refractivity contribution in [3.63, 3.8) is 0 Å². The second-order valence-corrected chi connectivity index (χ2v) is 3.88. The Labute approximate surface area is 105 Å². The van der Waals surface area contributed by atoms with Crippen LogP contribution in [0.25, 0.3) is 0 Å². The predicted octanol–water partition coefficient (Wildman–Crippen LogP) is 2.55. The molecule has 0 aliphatic carbocycles. The van der Waals surface area contributed by atoms with Crippen molar-refractivity contribution in [2.45, 2.75) is 20.0 Å². The molecule has 1 aromatic carbocycles. The van der Waals surface area contributed by atoms with Crippen LogP contribution in [0.4, 0.5) is 11.4 Å². The first-order chi connectivity index (χ1) is 8.17. The van der Waals surface area contributed by atoms with Gasteiger partial charge in [-0.2, -0.15) is 4.99 Å². The lowest BCUT2D eigenvalue weighted by Gasteiger charge is -2.32. The third-order valence-corrected chi connectivity index (χ3v) is 2.73. The number of aliphatic imine (C=N–C) groups is 1. The van der Waals surface area contributed by atoms with Crippen molar-refractivity contribution in [2.75, 3.05) is 11.4 Å². The molecule has 0 radical (unpaired) electrons. The molecule has 17 heavy (non-hydrogen) atoms. The van der Waals surface area contributed by atoms with Gasteiger partial charge in [-0.1, -0.05) is 0 Å². The fourth-order valence-electron chi connectivity index (χ4n) is 1.84. The zero-order valence-electron chi connectivity index (χ0n) is 9.64. The minimum Gasteiger partial charge on any atom is -0.479 e. The van der Waals surface area contributed by atoms with E-state index < -0.39 is 6.10 Å². The van der Waals surface area contributed by atoms with Gasteiger partial charge >= 0.3 is 0 Å². The van der Waals surface area contributed by atoms with E-state index in [9.17, 15) is 4.79 Å². The van der Waals surface area contributed by atoms with Crippen LogP contribution in [0.5, 0.6) is 5.75 Å². The molecule has 88 valence electrons. The van der Waals surface area contributed by atoms with Crippen LogP contribution in [0, 0.1) is 0 Å². The van der Waals surface area contributed by atoms with Crippen LogP contribution in [0.2, 0.25) is 0 Å². The number of ether oxygens (including phenoxy) is 1. The number of hydrogen-bond acceptors (Lipinski definition) is 4. The molecule has 1 atom stereocenters. The summed E-state index contributed by atoms with van der Waals surface area (Å²) in [4.78, 5) is 17.5. The van der Waals surface area contributed by atoms with Crippen molar-refractivity contribution in [1.82, 2.24) is 0 Å². The molecule has 1 amide bonds. The van der Waals surface area contributed by atoms with Gasteiger partial charge in [0, 0.05) is 6.54 Å². The standard InChI is InChI=1S/C12H12N2O2S/c1-3-14-10-6-9(13-7-17)4-5-11(10)16-8(2)12(14)15/h4-6,8H,3H2,1-2H3. The Morgan fingerprint density at radius 1 is 1.59 bits per heavy atom. The van der Waals surface area contributed by atoms with Crippen LogP contribution in [0.1, 0.15) is 13.8 Å². The normalized spacial score (nSPS) is 18.1. The molecule has 1 heterocycles. The number of anilines is 1. The van der Waals surface area contributed by atoms with Gasteiger partial charge in [-0.25, -0.2) is 0 Å². The Bertz CT molecular complexity index is 509. The summed E-state index contributed by atoms with van der Waals surface area (Å²) in [6.45, 7) is 4.27. The number of fused-ring (bicyclic) bond motifs is 1. The topological polar surface area (TPSA) is 41.9 Å². The largest absolute Gasteiger partial charge is 0.479 e. The molecule has 1 aliphatic heterocycles. The summed E-state index contributed by atoms with van der Waals surface area (Å²) in [7, 11) is 0. The number of nitrogens with zero attached hydrogens (tertiary/aromatic N) is 2. The summed E-state index contributed by atoms with van der Waals surface area (Å²) in [5, 5.41) is 2.31. The van der Waals surface area contributed by atoms with Crippen molar-refractivity contribution in [1.29, 1.82) is 0 Å². The molecule has 4 nitrogen and oxygen atoms in total. The highest BCUT2D eigenvalue weighted by Crippen LogP contribution is 2.36. The van der Waals surface area contributed by atoms with Crippen LogP contribution < -0.4 is 9.64 Å². The van der Waals surface area contributed by atoms with E-state index in [1.807, 2.05) is 6.92 Å². The number of likely N-dealkylation sites (N-methyl/N-ethyl adjacent to an activating group) is 1. The maximum Gasteiger partial charge on any atom is 0.267 e. The fourth-order valence-corrected chi connectivity index (χ4v) is 1.95. The Balaban J connectivity index is 2.51. The van der Waals surface area contributed by atoms with E-state index in [4.69, 9.17) is 4.74 Å². The van der Waals surface area contributed by atoms with Gasteiger partial charge < -0.3 is 9.64 Å². The molecule has 1 aliphatic rings. The van der Waals surface area contributed by atoms with Gasteiger partial charge in [-0.15, -0.1) is 0 Å². The summed E-state index contributed by atoms with van der Waals surface area (Å²) in [6, 6.07) is 5.36. The zero-order valence-corrected chi connectivity index (χ0v) is 10.5. The molecule has 0 bridgehead atoms. The number of hydrogen-bond donors (Lipinski definition) is 0. The van der Waals surface area contributed by atoms with Crippen molar-refractivity contribution in [2.24, 2.45) is 4.99 Å². The predicted molar refractivity (Wildman–Crippen MR) is 69.2 cm³/mol. The van der Waals surface area contributed by atoms with Crippen molar-refractivity contribution >= 4 is 34.7 Å². The fraction of sp³-hybridized carbons (Fsp3) is 0.333. The Kier molecular flexibility index (Phi) is 3.22. The molecule has 1 aromatic rings. The zero-order chi connectivity index (χ0) is 12.4. The third kappa shape index (κ3) is 2.07. The van der Waals surface area contributed by atoms with Crippen LogP contribution in [-0.2, 0) is 4.79 Å². The SMILES string of the molecule is CCN1C(=O)C(C)Oc2ccc(N=C=S)cc21. The van der Waals surface area contributed by atoms with Crippen molar-refractivity contribution in [3.05, 3.63) is 18.2 Å². The Hall–Kier alpha value is -1.71. The summed E-state index contributed by atoms with van der Waals surface area (Å²) < 4.78 is 5.53. The molecule has 0 fully saturated rings. The Morgan fingerprint density at radius 2 is 2.35 bits per heavy atom. The monoisotopic (exact) mass is 248 g/mol. The molecular weight excluding hydrogens is 236 g/mol. The van der Waals surface area contributed by atoms with E-state index in [-0.39, 0.29) is 5.91 Å². The highest BCUT2D eigenvalue weighted by atomic mass is 32.1. The van der Waals surface area contributed by atoms with Gasteiger partial charge in [-0.05, 0) is 44.3 Å². The van der Waals surface area contributed by atoms with Crippen LogP contribution in [0.15, 0.2) is 23.2 Å². The van der Waals surface area contributed by atoms with E-state index in [0.717, 1.165) is 5.69 Å². The second kappa shape index (κ2) is 4.65. The summed E-state index contributed by atoms with van der Waals surface area (Å²) in [5.74, 6) is 0.658. The van der Waals surface area contributed by atoms with E-state index in [1.54, 1.807) is 30.0 Å². The van der Waals surface area contributed by atoms with Gasteiger partial charge in [0.1, 0.15) is 5.75 Å². The number of carbonyl (C=O) groups excluding carboxylic acids is 1. The quantitative estimate of drug-likeness (QED) is 0.596. The van der Waals surface area contributed by atoms with E-state index in [1.165, 1.54) is 0 Å². The minimum absolute atomic E-state index is 0.0384. The van der Waals surface area contributed by atoms with E-state index in [2.05, 4.69) is 22.4 Å². The van der Waals surface area contributed by atoms with E-state index in [0.29, 0.717) is 18.0 Å². The lowest BCUT2D eigenvalue weighted by molar-refractivity contribution is -0.125. The lowest BCUT2D eigenvalue weighted by Crippen LogP contribution is -2.44. The molecular formula is C12H12N2O2S. The number of benzene rings is 1. The van der Waals surface area contributed by atoms with Gasteiger partial charge in [0.2, 0.25) is 0 Å². The van der Waals surface area contributed by atoms with Crippen molar-refractivity contribution in [3.8, 4) is 5.75 Å². The average molecular weight is 248 g/mol. The highest BCUT2D eigenvalue weighted by Gasteiger charge is 2.30. The molecule has 0 N–H and O–H groups in total. The first kappa shape index (κ1) is 11.8. The number of rotatable bonds is 2. The molecule has 0 aromatic heterocycles. The summed E-state index contributed by atoms with van der Waals surface area (Å²) >= 11 is 4.56. The summed E-state index contributed by atoms with van der Waals surface area (Å²) in [5.41, 5.74) is 1.41. The third-order valence-electron chi connectivity index (χ3n) is 2.64. The second-order valence-electron chi connectivity index (χ2n) is 3.70. The average Bonchev–Trinajstić information content (AvgIpc) is 2.32. The van der Waals surface area contributed by atoms with Crippen LogP contribution >= 0.6 is 12.2 Å². The lowest BCUT2D eigenvalue weighted by atomic mass is 10.1. The van der Waals surface area contributed by atoms with Crippen molar-refractivity contribution < 1.29 is 9.53 Å². The first-order valence-corrected chi connectivity index (χ1v) is 5.78. The molecule has 0 spiro atoms. The van der Waals surface area contributed by atoms with Gasteiger partial charge in [0.25, 0.3) is 5.91 Å². The molecule has 5 heteroatoms. The smallest absolute Gasteiger partial charge is 0.267 e. The minimum atomic E-state index is -0.442. The maximum atomic E-state index is 11.9. The number of thiocarbonyl (C=S) groups is 1. The number of amides is 1. The Morgan fingerprint density at radius 3 is 3.00 bits per heavy atom. The van der Waals surface area contributed by atoms with Gasteiger partial charge in [-0.3, -0.25) is 4.79 Å². The number of isothiocyanates is 1. The molecule has 1 unspecified atom stereocenters. The molecule has 2 rings (SSSR count). The van der Waals surface area contributed by atoms with Crippen LogP contribution in [-0.4, -0.2) is 23.7 Å². The van der Waals surface area contributed by atoms with Gasteiger partial charge in [0.05, 0.1) is 16.5 Å². The molecule has 0 saturated carbocycles. The number of carbonyl (C=O) groups is 1. The maximum absolute atomic E-state index is 11.9. The molecule has 0 saturated heterocycles. The van der Waals surface area contributed by atoms with Crippen LogP contribution in [0.3, 0.4) is 0 Å².